The molecule has 2 fully saturated rings. The van der Waals surface area contributed by atoms with Gasteiger partial charge in [0.2, 0.25) is 11.7 Å². The van der Waals surface area contributed by atoms with Crippen molar-refractivity contribution >= 4 is 5.91 Å². The van der Waals surface area contributed by atoms with Crippen LogP contribution in [0.3, 0.4) is 0 Å². The maximum atomic E-state index is 12.5. The van der Waals surface area contributed by atoms with E-state index < -0.39 is 0 Å². The Morgan fingerprint density at radius 2 is 1.81 bits per heavy atom. The van der Waals surface area contributed by atoms with Crippen molar-refractivity contribution in [2.75, 3.05) is 54.1 Å². The number of ether oxygens (including phenoxy) is 3. The van der Waals surface area contributed by atoms with Gasteiger partial charge in [-0.05, 0) is 25.5 Å². The van der Waals surface area contributed by atoms with Crippen molar-refractivity contribution in [3.8, 4) is 17.2 Å². The van der Waals surface area contributed by atoms with Gasteiger partial charge in [0.05, 0.1) is 27.4 Å². The second-order valence-electron chi connectivity index (χ2n) is 6.74. The molecule has 2 aliphatic heterocycles. The third-order valence-electron chi connectivity index (χ3n) is 5.22. The van der Waals surface area contributed by atoms with Crippen LogP contribution in [0.4, 0.5) is 0 Å². The topological polar surface area (TPSA) is 63.3 Å². The highest BCUT2D eigenvalue weighted by atomic mass is 16.5. The molecule has 0 bridgehead atoms. The Hall–Kier alpha value is -1.99. The fourth-order valence-corrected chi connectivity index (χ4v) is 3.77. The van der Waals surface area contributed by atoms with E-state index >= 15 is 0 Å². The first-order valence-corrected chi connectivity index (χ1v) is 9.20. The molecule has 144 valence electrons. The second-order valence-corrected chi connectivity index (χ2v) is 6.74. The number of nitrogens with one attached hydrogen (secondary N) is 1. The predicted molar refractivity (Wildman–Crippen MR) is 99.0 cm³/mol. The molecule has 7 heteroatoms. The number of piperazine rings is 1. The van der Waals surface area contributed by atoms with Crippen LogP contribution in [-0.4, -0.2) is 75.8 Å². The molecule has 0 unspecified atom stereocenters. The molecule has 1 aromatic carbocycles. The monoisotopic (exact) mass is 363 g/mol. The lowest BCUT2D eigenvalue weighted by Gasteiger charge is -2.36. The average Bonchev–Trinajstić information content (AvgIpc) is 3.22. The molecule has 7 nitrogen and oxygen atoms in total. The summed E-state index contributed by atoms with van der Waals surface area (Å²) in [7, 11) is 4.88. The Balaban J connectivity index is 1.61. The van der Waals surface area contributed by atoms with E-state index in [9.17, 15) is 4.79 Å². The molecule has 0 aliphatic carbocycles. The molecule has 1 atom stereocenters. The average molecular weight is 363 g/mol. The smallest absolute Gasteiger partial charge is 0.239 e. The summed E-state index contributed by atoms with van der Waals surface area (Å²) >= 11 is 0. The van der Waals surface area contributed by atoms with Crippen molar-refractivity contribution in [2.24, 2.45) is 0 Å². The minimum absolute atomic E-state index is 0.0208. The van der Waals surface area contributed by atoms with Crippen molar-refractivity contribution < 1.29 is 19.0 Å². The summed E-state index contributed by atoms with van der Waals surface area (Å²) < 4.78 is 16.4. The highest BCUT2D eigenvalue weighted by Crippen LogP contribution is 2.40. The van der Waals surface area contributed by atoms with E-state index in [2.05, 4.69) is 10.2 Å². The van der Waals surface area contributed by atoms with Crippen molar-refractivity contribution in [3.05, 3.63) is 17.7 Å². The minimum atomic E-state index is 0.0208. The van der Waals surface area contributed by atoms with Crippen LogP contribution in [0.25, 0.3) is 0 Å². The number of nitrogens with zero attached hydrogens (tertiary/aromatic N) is 2. The third-order valence-corrected chi connectivity index (χ3v) is 5.22. The summed E-state index contributed by atoms with van der Waals surface area (Å²) in [6, 6.07) is 3.94. The molecule has 1 aromatic rings. The lowest BCUT2D eigenvalue weighted by molar-refractivity contribution is -0.134. The molecule has 26 heavy (non-hydrogen) atoms. The predicted octanol–water partition coefficient (Wildman–Crippen LogP) is 1.11. The van der Waals surface area contributed by atoms with Crippen LogP contribution in [0.1, 0.15) is 18.4 Å². The van der Waals surface area contributed by atoms with E-state index in [-0.39, 0.29) is 11.9 Å². The highest BCUT2D eigenvalue weighted by molar-refractivity contribution is 5.82. The number of benzene rings is 1. The molecule has 0 saturated carbocycles. The van der Waals surface area contributed by atoms with Gasteiger partial charge in [0.25, 0.3) is 0 Å². The van der Waals surface area contributed by atoms with Gasteiger partial charge in [-0.2, -0.15) is 0 Å². The Morgan fingerprint density at radius 3 is 2.38 bits per heavy atom. The number of carbonyl (C=O) groups excluding carboxylic acids is 1. The second kappa shape index (κ2) is 8.60. The van der Waals surface area contributed by atoms with Crippen LogP contribution < -0.4 is 19.5 Å². The Labute approximate surface area is 155 Å². The van der Waals surface area contributed by atoms with E-state index in [1.165, 1.54) is 0 Å². The number of hydrogen-bond donors (Lipinski definition) is 1. The zero-order valence-electron chi connectivity index (χ0n) is 15.9. The van der Waals surface area contributed by atoms with Gasteiger partial charge < -0.3 is 24.4 Å². The van der Waals surface area contributed by atoms with Gasteiger partial charge in [-0.15, -0.1) is 0 Å². The SMILES string of the molecule is COc1ccc(CN2CCN(C(=O)[C@@H]3CCCN3)CC2)c(OC)c1OC. The van der Waals surface area contributed by atoms with Crippen LogP contribution in [-0.2, 0) is 11.3 Å². The summed E-state index contributed by atoms with van der Waals surface area (Å²) in [5.74, 6) is 2.24. The molecular formula is C19H29N3O4. The largest absolute Gasteiger partial charge is 0.493 e. The van der Waals surface area contributed by atoms with Gasteiger partial charge in [-0.1, -0.05) is 6.07 Å². The zero-order chi connectivity index (χ0) is 18.5. The summed E-state index contributed by atoms with van der Waals surface area (Å²) in [5, 5.41) is 3.30. The minimum Gasteiger partial charge on any atom is -0.493 e. The van der Waals surface area contributed by atoms with Crippen LogP contribution >= 0.6 is 0 Å². The Bertz CT molecular complexity index is 623. The molecule has 2 aliphatic rings. The lowest BCUT2D eigenvalue weighted by Crippen LogP contribution is -2.52. The van der Waals surface area contributed by atoms with Crippen LogP contribution in [0, 0.1) is 0 Å². The summed E-state index contributed by atoms with van der Waals surface area (Å²) in [4.78, 5) is 16.8. The van der Waals surface area contributed by atoms with Crippen molar-refractivity contribution in [3.63, 3.8) is 0 Å². The number of hydrogen-bond acceptors (Lipinski definition) is 6. The first-order valence-electron chi connectivity index (χ1n) is 9.20. The lowest BCUT2D eigenvalue weighted by atomic mass is 10.1. The molecule has 0 aromatic heterocycles. The van der Waals surface area contributed by atoms with Crippen molar-refractivity contribution in [1.29, 1.82) is 0 Å². The summed E-state index contributed by atoms with van der Waals surface area (Å²) in [6.45, 7) is 4.97. The first kappa shape index (κ1) is 18.8. The fraction of sp³-hybridized carbons (Fsp3) is 0.632. The maximum absolute atomic E-state index is 12.5. The Morgan fingerprint density at radius 1 is 1.08 bits per heavy atom. The summed E-state index contributed by atoms with van der Waals surface area (Å²) in [6.07, 6.45) is 2.05. The third kappa shape index (κ3) is 3.88. The quantitative estimate of drug-likeness (QED) is 0.817. The fourth-order valence-electron chi connectivity index (χ4n) is 3.77. The molecule has 3 rings (SSSR count). The van der Waals surface area contributed by atoms with Crippen LogP contribution in [0.15, 0.2) is 12.1 Å². The Kier molecular flexibility index (Phi) is 6.21. The van der Waals surface area contributed by atoms with E-state index in [1.54, 1.807) is 21.3 Å². The van der Waals surface area contributed by atoms with Gasteiger partial charge in [0.1, 0.15) is 0 Å². The molecule has 1 amide bonds. The normalized spacial score (nSPS) is 20.9. The standard InChI is InChI=1S/C19H29N3O4/c1-24-16-7-6-14(17(25-2)18(16)26-3)13-21-9-11-22(12-10-21)19(23)15-5-4-8-20-15/h6-7,15,20H,4-5,8-13H2,1-3H3/t15-/m0/s1. The highest BCUT2D eigenvalue weighted by Gasteiger charge is 2.29. The first-order chi connectivity index (χ1) is 12.7. The number of rotatable bonds is 6. The molecule has 2 saturated heterocycles. The number of amides is 1. The van der Waals surface area contributed by atoms with Crippen LogP contribution in [0.2, 0.25) is 0 Å². The molecule has 0 radical (unpaired) electrons. The maximum Gasteiger partial charge on any atom is 0.239 e. The molecule has 0 spiro atoms. The van der Waals surface area contributed by atoms with Crippen LogP contribution in [0.5, 0.6) is 17.2 Å². The number of carbonyl (C=O) groups is 1. The summed E-state index contributed by atoms with van der Waals surface area (Å²) in [5.41, 5.74) is 1.06. The van der Waals surface area contributed by atoms with Gasteiger partial charge in [0.15, 0.2) is 11.5 Å². The zero-order valence-corrected chi connectivity index (χ0v) is 15.9. The van der Waals surface area contributed by atoms with E-state index in [0.717, 1.165) is 57.7 Å². The number of methoxy groups -OCH3 is 3. The van der Waals surface area contributed by atoms with E-state index in [0.29, 0.717) is 17.2 Å². The van der Waals surface area contributed by atoms with E-state index in [1.807, 2.05) is 17.0 Å². The molecular weight excluding hydrogens is 334 g/mol. The van der Waals surface area contributed by atoms with Crippen molar-refractivity contribution in [2.45, 2.75) is 25.4 Å². The van der Waals surface area contributed by atoms with Gasteiger partial charge >= 0.3 is 0 Å². The van der Waals surface area contributed by atoms with Gasteiger partial charge in [-0.3, -0.25) is 9.69 Å². The van der Waals surface area contributed by atoms with Gasteiger partial charge in [0, 0.05) is 38.3 Å². The van der Waals surface area contributed by atoms with E-state index in [4.69, 9.17) is 14.2 Å². The molecule has 2 heterocycles. The molecule has 1 N–H and O–H groups in total. The van der Waals surface area contributed by atoms with Gasteiger partial charge in [-0.25, -0.2) is 0 Å². The van der Waals surface area contributed by atoms with Crippen molar-refractivity contribution in [1.82, 2.24) is 15.1 Å².